The molecule has 2 aromatic carbocycles. The summed E-state index contributed by atoms with van der Waals surface area (Å²) in [7, 11) is 0. The molecular weight excluding hydrogens is 336 g/mol. The first kappa shape index (κ1) is 17.3. The maximum Gasteiger partial charge on any atom is 0.257 e. The number of carbonyl (C=O) groups excluding carboxylic acids is 1. The third kappa shape index (κ3) is 2.89. The molecule has 27 heavy (non-hydrogen) atoms. The zero-order valence-corrected chi connectivity index (χ0v) is 15.9. The van der Waals surface area contributed by atoms with Crippen LogP contribution in [0.5, 0.6) is 0 Å². The van der Waals surface area contributed by atoms with Crippen LogP contribution in [0.25, 0.3) is 5.69 Å². The first-order chi connectivity index (χ1) is 13.1. The van der Waals surface area contributed by atoms with Crippen molar-refractivity contribution in [2.75, 3.05) is 11.9 Å². The van der Waals surface area contributed by atoms with E-state index in [1.165, 1.54) is 0 Å². The zero-order chi connectivity index (χ0) is 19.0. The second-order valence-electron chi connectivity index (χ2n) is 6.92. The Balaban J connectivity index is 1.82. The van der Waals surface area contributed by atoms with Gasteiger partial charge in [0.25, 0.3) is 5.91 Å². The number of fused-ring (bicyclic) bond motifs is 1. The lowest BCUT2D eigenvalue weighted by Gasteiger charge is -2.38. The van der Waals surface area contributed by atoms with Crippen molar-refractivity contribution in [2.45, 2.75) is 33.4 Å². The average molecular weight is 360 g/mol. The quantitative estimate of drug-likeness (QED) is 0.747. The van der Waals surface area contributed by atoms with Gasteiger partial charge in [0.05, 0.1) is 16.9 Å². The molecule has 0 saturated heterocycles. The zero-order valence-electron chi connectivity index (χ0n) is 15.9. The highest BCUT2D eigenvalue weighted by Crippen LogP contribution is 2.36. The number of aromatic nitrogens is 2. The second kappa shape index (κ2) is 6.91. The van der Waals surface area contributed by atoms with Crippen LogP contribution in [-0.4, -0.2) is 27.1 Å². The van der Waals surface area contributed by atoms with Gasteiger partial charge < -0.3 is 10.2 Å². The Morgan fingerprint density at radius 2 is 1.74 bits per heavy atom. The fourth-order valence-corrected chi connectivity index (χ4v) is 3.86. The fraction of sp³-hybridized carbons (Fsp3) is 0.273. The first-order valence-corrected chi connectivity index (χ1v) is 9.40. The monoisotopic (exact) mass is 360 g/mol. The van der Waals surface area contributed by atoms with E-state index < -0.39 is 0 Å². The third-order valence-corrected chi connectivity index (χ3v) is 5.11. The van der Waals surface area contributed by atoms with Gasteiger partial charge in [0.2, 0.25) is 0 Å². The summed E-state index contributed by atoms with van der Waals surface area (Å²) in [5.74, 6) is 0.0717. The van der Waals surface area contributed by atoms with Crippen molar-refractivity contribution in [3.63, 3.8) is 0 Å². The number of aryl methyl sites for hydroxylation is 1. The van der Waals surface area contributed by atoms with Gasteiger partial charge >= 0.3 is 0 Å². The molecule has 0 aliphatic carbocycles. The molecule has 0 spiro atoms. The van der Waals surface area contributed by atoms with Crippen LogP contribution in [0, 0.1) is 13.8 Å². The highest BCUT2D eigenvalue weighted by molar-refractivity contribution is 6.01. The molecular formula is C22H24N4O. The number of rotatable bonds is 4. The molecule has 5 nitrogen and oxygen atoms in total. The lowest BCUT2D eigenvalue weighted by Crippen LogP contribution is -2.43. The minimum absolute atomic E-state index is 0.0717. The van der Waals surface area contributed by atoms with Crippen LogP contribution in [0.4, 0.5) is 5.69 Å². The highest BCUT2D eigenvalue weighted by Gasteiger charge is 2.35. The molecule has 0 bridgehead atoms. The third-order valence-electron chi connectivity index (χ3n) is 5.11. The smallest absolute Gasteiger partial charge is 0.257 e. The number of hydrogen-bond donors (Lipinski definition) is 1. The van der Waals surface area contributed by atoms with Crippen molar-refractivity contribution < 1.29 is 4.79 Å². The Kier molecular flexibility index (Phi) is 4.44. The van der Waals surface area contributed by atoms with Gasteiger partial charge in [0.1, 0.15) is 6.17 Å². The van der Waals surface area contributed by atoms with Crippen LogP contribution < -0.4 is 5.32 Å². The maximum atomic E-state index is 13.1. The van der Waals surface area contributed by atoms with Gasteiger partial charge in [0.15, 0.2) is 0 Å². The Hall–Kier alpha value is -3.08. The van der Waals surface area contributed by atoms with Crippen molar-refractivity contribution >= 4 is 11.6 Å². The Bertz CT molecular complexity index is 977. The van der Waals surface area contributed by atoms with Gasteiger partial charge in [-0.3, -0.25) is 4.79 Å². The van der Waals surface area contributed by atoms with E-state index in [4.69, 9.17) is 5.10 Å². The Labute approximate surface area is 159 Å². The molecule has 1 atom stereocenters. The molecule has 1 N–H and O–H groups in total. The normalized spacial score (nSPS) is 16.2. The van der Waals surface area contributed by atoms with E-state index in [1.807, 2.05) is 71.1 Å². The summed E-state index contributed by atoms with van der Waals surface area (Å²) < 4.78 is 1.96. The van der Waals surface area contributed by atoms with Crippen molar-refractivity contribution in [1.29, 1.82) is 0 Å². The number of para-hydroxylation sites is 2. The Morgan fingerprint density at radius 1 is 1.04 bits per heavy atom. The van der Waals surface area contributed by atoms with Crippen LogP contribution in [0.2, 0.25) is 0 Å². The van der Waals surface area contributed by atoms with Crippen LogP contribution in [0.3, 0.4) is 0 Å². The van der Waals surface area contributed by atoms with E-state index in [2.05, 4.69) is 19.2 Å². The summed E-state index contributed by atoms with van der Waals surface area (Å²) in [6.45, 7) is 6.87. The van der Waals surface area contributed by atoms with Crippen LogP contribution in [-0.2, 0) is 0 Å². The van der Waals surface area contributed by atoms with E-state index in [0.717, 1.165) is 40.3 Å². The minimum Gasteiger partial charge on any atom is -0.361 e. The lowest BCUT2D eigenvalue weighted by atomic mass is 10.0. The first-order valence-electron chi connectivity index (χ1n) is 9.40. The van der Waals surface area contributed by atoms with Crippen LogP contribution >= 0.6 is 0 Å². The number of benzene rings is 2. The number of anilines is 1. The number of nitrogens with one attached hydrogen (secondary N) is 1. The van der Waals surface area contributed by atoms with Gasteiger partial charge in [0, 0.05) is 23.5 Å². The Morgan fingerprint density at radius 3 is 2.48 bits per heavy atom. The average Bonchev–Trinajstić information content (AvgIpc) is 2.99. The number of amides is 1. The molecule has 1 aliphatic rings. The summed E-state index contributed by atoms with van der Waals surface area (Å²) in [5, 5.41) is 8.35. The summed E-state index contributed by atoms with van der Waals surface area (Å²) in [4.78, 5) is 15.1. The minimum atomic E-state index is -0.218. The number of carbonyl (C=O) groups is 1. The molecule has 138 valence electrons. The van der Waals surface area contributed by atoms with Gasteiger partial charge in [-0.25, -0.2) is 4.68 Å². The molecule has 3 aromatic rings. The molecule has 0 saturated carbocycles. The van der Waals surface area contributed by atoms with E-state index in [1.54, 1.807) is 0 Å². The summed E-state index contributed by atoms with van der Waals surface area (Å²) in [5.41, 5.74) is 5.68. The molecule has 4 rings (SSSR count). The van der Waals surface area contributed by atoms with E-state index >= 15 is 0 Å². The van der Waals surface area contributed by atoms with Crippen molar-refractivity contribution in [2.24, 2.45) is 0 Å². The van der Waals surface area contributed by atoms with Crippen LogP contribution in [0.15, 0.2) is 54.6 Å². The number of nitrogens with zero attached hydrogens (tertiary/aromatic N) is 3. The fourth-order valence-electron chi connectivity index (χ4n) is 3.86. The molecule has 0 unspecified atom stereocenters. The molecule has 1 aliphatic heterocycles. The van der Waals surface area contributed by atoms with Gasteiger partial charge in [-0.2, -0.15) is 5.10 Å². The largest absolute Gasteiger partial charge is 0.361 e. The predicted molar refractivity (Wildman–Crippen MR) is 107 cm³/mol. The van der Waals surface area contributed by atoms with Gasteiger partial charge in [-0.05, 0) is 44.5 Å². The van der Waals surface area contributed by atoms with Gasteiger partial charge in [-0.1, -0.05) is 37.3 Å². The molecule has 1 amide bonds. The highest BCUT2D eigenvalue weighted by atomic mass is 16.2. The van der Waals surface area contributed by atoms with Gasteiger partial charge in [-0.15, -0.1) is 0 Å². The molecule has 0 radical (unpaired) electrons. The summed E-state index contributed by atoms with van der Waals surface area (Å²) in [6, 6.07) is 17.8. The van der Waals surface area contributed by atoms with Crippen molar-refractivity contribution in [3.8, 4) is 5.69 Å². The van der Waals surface area contributed by atoms with Crippen molar-refractivity contribution in [3.05, 3.63) is 77.1 Å². The van der Waals surface area contributed by atoms with E-state index in [9.17, 15) is 4.79 Å². The van der Waals surface area contributed by atoms with E-state index in [0.29, 0.717) is 6.54 Å². The SMILES string of the molecule is CCCN1C(=O)c2ccccc2N[C@H]1c1c(C)nn(-c2ccccc2)c1C. The molecule has 0 fully saturated rings. The number of hydrogen-bond acceptors (Lipinski definition) is 3. The summed E-state index contributed by atoms with van der Waals surface area (Å²) in [6.07, 6.45) is 0.682. The standard InChI is InChI=1S/C22H24N4O/c1-4-14-25-21(23-19-13-9-8-12-18(19)22(25)27)20-15(2)24-26(16(20)3)17-10-6-5-7-11-17/h5-13,21,23H,4,14H2,1-3H3/t21-/m1/s1. The lowest BCUT2D eigenvalue weighted by molar-refractivity contribution is 0.0682. The van der Waals surface area contributed by atoms with E-state index in [-0.39, 0.29) is 12.1 Å². The molecule has 2 heterocycles. The second-order valence-corrected chi connectivity index (χ2v) is 6.92. The topological polar surface area (TPSA) is 50.2 Å². The summed E-state index contributed by atoms with van der Waals surface area (Å²) >= 11 is 0. The molecule has 5 heteroatoms. The van der Waals surface area contributed by atoms with Crippen molar-refractivity contribution in [1.82, 2.24) is 14.7 Å². The maximum absolute atomic E-state index is 13.1. The van der Waals surface area contributed by atoms with Crippen LogP contribution in [0.1, 0.15) is 46.8 Å². The molecule has 1 aromatic heterocycles. The predicted octanol–water partition coefficient (Wildman–Crippen LogP) is 4.47.